The lowest BCUT2D eigenvalue weighted by Crippen LogP contribution is -2.45. The Labute approximate surface area is 175 Å². The number of carbonyl (C=O) groups excluding carboxylic acids is 1. The molecule has 3 aromatic rings. The molecule has 29 heavy (non-hydrogen) atoms. The van der Waals surface area contributed by atoms with E-state index in [-0.39, 0.29) is 17.9 Å². The molecule has 1 N–H and O–H groups in total. The van der Waals surface area contributed by atoms with Gasteiger partial charge in [-0.05, 0) is 50.3 Å². The molecule has 7 heteroatoms. The second kappa shape index (κ2) is 9.22. The molecule has 3 heterocycles. The van der Waals surface area contributed by atoms with E-state index in [4.69, 9.17) is 0 Å². The topological polar surface area (TPSA) is 63.1 Å². The molecule has 1 amide bonds. The van der Waals surface area contributed by atoms with Crippen molar-refractivity contribution >= 4 is 22.4 Å². The summed E-state index contributed by atoms with van der Waals surface area (Å²) in [6, 6.07) is 14.5. The summed E-state index contributed by atoms with van der Waals surface area (Å²) in [6.45, 7) is 3.72. The number of rotatable bonds is 7. The number of nitrogens with one attached hydrogen (secondary N) is 1. The van der Waals surface area contributed by atoms with Gasteiger partial charge >= 0.3 is 0 Å². The first-order chi connectivity index (χ1) is 14.2. The maximum atomic E-state index is 12.8. The number of anilines is 1. The Morgan fingerprint density at radius 2 is 1.93 bits per heavy atom. The third-order valence-electron chi connectivity index (χ3n) is 5.39. The monoisotopic (exact) mass is 409 g/mol. The Kier molecular flexibility index (Phi) is 6.24. The van der Waals surface area contributed by atoms with E-state index >= 15 is 0 Å². The Morgan fingerprint density at radius 3 is 2.72 bits per heavy atom. The van der Waals surface area contributed by atoms with Crippen molar-refractivity contribution in [1.29, 1.82) is 0 Å². The number of carbonyl (C=O) groups is 1. The van der Waals surface area contributed by atoms with Crippen LogP contribution in [0.3, 0.4) is 0 Å². The van der Waals surface area contributed by atoms with Gasteiger partial charge in [0.1, 0.15) is 0 Å². The van der Waals surface area contributed by atoms with Crippen LogP contribution in [0.1, 0.15) is 31.7 Å². The van der Waals surface area contributed by atoms with Crippen LogP contribution in [0.5, 0.6) is 0 Å². The van der Waals surface area contributed by atoms with Crippen molar-refractivity contribution in [3.05, 3.63) is 60.4 Å². The first-order valence-corrected chi connectivity index (χ1v) is 11.1. The molecule has 1 aliphatic rings. The summed E-state index contributed by atoms with van der Waals surface area (Å²) in [5.74, 6) is 0.160. The van der Waals surface area contributed by atoms with Gasteiger partial charge in [-0.2, -0.15) is 0 Å². The highest BCUT2D eigenvalue weighted by Gasteiger charge is 2.28. The molecule has 2 aromatic heterocycles. The van der Waals surface area contributed by atoms with Crippen LogP contribution >= 0.6 is 11.3 Å². The highest BCUT2D eigenvalue weighted by molar-refractivity contribution is 7.17. The number of amides is 1. The van der Waals surface area contributed by atoms with Gasteiger partial charge in [0.25, 0.3) is 0 Å². The van der Waals surface area contributed by atoms with E-state index in [9.17, 15) is 4.79 Å². The quantitative estimate of drug-likeness (QED) is 0.647. The fourth-order valence-corrected chi connectivity index (χ4v) is 4.58. The molecule has 1 aromatic carbocycles. The molecule has 0 spiro atoms. The maximum Gasteiger partial charge on any atom is 0.225 e. The standard InChI is InChI=1S/C22H27N5OS/c1-17(11-12-18-8-3-2-4-9-18)23-20(28)19-10-7-15-27(16-19)22-25-24-21(29-22)26-13-5-6-14-26/h2-6,8-9,13-14,17,19H,7,10-12,15-16H2,1H3,(H,23,28)/t17-,19+/m0/s1. The van der Waals surface area contributed by atoms with Crippen LogP contribution in [0, 0.1) is 5.92 Å². The molecule has 0 saturated carbocycles. The van der Waals surface area contributed by atoms with Gasteiger partial charge < -0.3 is 10.2 Å². The molecular formula is C22H27N5OS. The van der Waals surface area contributed by atoms with Gasteiger partial charge in [-0.15, -0.1) is 10.2 Å². The molecular weight excluding hydrogens is 382 g/mol. The smallest absolute Gasteiger partial charge is 0.225 e. The zero-order valence-electron chi connectivity index (χ0n) is 16.7. The van der Waals surface area contributed by atoms with Crippen LogP contribution in [-0.4, -0.2) is 39.8 Å². The van der Waals surface area contributed by atoms with Crippen LogP contribution in [0.4, 0.5) is 5.13 Å². The van der Waals surface area contributed by atoms with Crippen LogP contribution in [0.15, 0.2) is 54.9 Å². The number of hydrogen-bond donors (Lipinski definition) is 1. The number of hydrogen-bond acceptors (Lipinski definition) is 5. The molecule has 1 saturated heterocycles. The molecule has 0 bridgehead atoms. The third kappa shape index (κ3) is 5.03. The number of benzene rings is 1. The normalized spacial score (nSPS) is 17.8. The van der Waals surface area contributed by atoms with Gasteiger partial charge in [0.15, 0.2) is 0 Å². The average molecular weight is 410 g/mol. The molecule has 1 fully saturated rings. The summed E-state index contributed by atoms with van der Waals surface area (Å²) in [5.41, 5.74) is 1.31. The van der Waals surface area contributed by atoms with Gasteiger partial charge in [0, 0.05) is 31.5 Å². The van der Waals surface area contributed by atoms with Crippen molar-refractivity contribution in [2.75, 3.05) is 18.0 Å². The molecule has 0 aliphatic carbocycles. The van der Waals surface area contributed by atoms with E-state index in [1.54, 1.807) is 11.3 Å². The molecule has 0 unspecified atom stereocenters. The van der Waals surface area contributed by atoms with E-state index in [0.717, 1.165) is 42.5 Å². The Balaban J connectivity index is 1.30. The Morgan fingerprint density at radius 1 is 1.17 bits per heavy atom. The lowest BCUT2D eigenvalue weighted by Gasteiger charge is -2.32. The predicted octanol–water partition coefficient (Wildman–Crippen LogP) is 3.68. The fourth-order valence-electron chi connectivity index (χ4n) is 3.73. The van der Waals surface area contributed by atoms with Crippen molar-refractivity contribution in [3.63, 3.8) is 0 Å². The second-order valence-electron chi connectivity index (χ2n) is 7.68. The highest BCUT2D eigenvalue weighted by atomic mass is 32.1. The van der Waals surface area contributed by atoms with Gasteiger partial charge in [-0.25, -0.2) is 0 Å². The van der Waals surface area contributed by atoms with E-state index < -0.39 is 0 Å². The molecule has 0 radical (unpaired) electrons. The van der Waals surface area contributed by atoms with Gasteiger partial charge in [-0.3, -0.25) is 9.36 Å². The predicted molar refractivity (Wildman–Crippen MR) is 117 cm³/mol. The minimum atomic E-state index is 0.00172. The SMILES string of the molecule is C[C@@H](CCc1ccccc1)NC(=O)[C@@H]1CCCN(c2nnc(-n3cccc3)s2)C1. The van der Waals surface area contributed by atoms with Crippen LogP contribution in [-0.2, 0) is 11.2 Å². The number of nitrogens with zero attached hydrogens (tertiary/aromatic N) is 4. The number of aromatic nitrogens is 3. The van der Waals surface area contributed by atoms with Crippen molar-refractivity contribution in [3.8, 4) is 5.13 Å². The zero-order chi connectivity index (χ0) is 20.1. The van der Waals surface area contributed by atoms with Gasteiger partial charge in [-0.1, -0.05) is 41.7 Å². The van der Waals surface area contributed by atoms with Gasteiger partial charge in [0.2, 0.25) is 16.2 Å². The molecule has 1 aliphatic heterocycles. The summed E-state index contributed by atoms with van der Waals surface area (Å²) in [4.78, 5) is 15.0. The van der Waals surface area contributed by atoms with Crippen molar-refractivity contribution in [1.82, 2.24) is 20.1 Å². The van der Waals surface area contributed by atoms with Crippen molar-refractivity contribution < 1.29 is 4.79 Å². The van der Waals surface area contributed by atoms with Crippen LogP contribution in [0.25, 0.3) is 5.13 Å². The Hall–Kier alpha value is -2.67. The van der Waals surface area contributed by atoms with E-state index in [1.807, 2.05) is 35.2 Å². The van der Waals surface area contributed by atoms with Crippen LogP contribution < -0.4 is 10.2 Å². The first-order valence-electron chi connectivity index (χ1n) is 10.2. The fraction of sp³-hybridized carbons (Fsp3) is 0.409. The second-order valence-corrected chi connectivity index (χ2v) is 8.61. The maximum absolute atomic E-state index is 12.8. The third-order valence-corrected chi connectivity index (χ3v) is 6.39. The van der Waals surface area contributed by atoms with E-state index in [0.29, 0.717) is 6.54 Å². The largest absolute Gasteiger partial charge is 0.353 e. The summed E-state index contributed by atoms with van der Waals surface area (Å²) >= 11 is 1.57. The van der Waals surface area contributed by atoms with Crippen LogP contribution in [0.2, 0.25) is 0 Å². The molecule has 152 valence electrons. The lowest BCUT2D eigenvalue weighted by molar-refractivity contribution is -0.125. The van der Waals surface area contributed by atoms with E-state index in [2.05, 4.69) is 51.6 Å². The minimum Gasteiger partial charge on any atom is -0.353 e. The average Bonchev–Trinajstić information content (AvgIpc) is 3.45. The first kappa shape index (κ1) is 19.6. The molecule has 2 atom stereocenters. The minimum absolute atomic E-state index is 0.00172. The summed E-state index contributed by atoms with van der Waals surface area (Å²) in [6.07, 6.45) is 7.78. The Bertz CT molecular complexity index is 908. The van der Waals surface area contributed by atoms with Gasteiger partial charge in [0.05, 0.1) is 5.92 Å². The lowest BCUT2D eigenvalue weighted by atomic mass is 9.96. The highest BCUT2D eigenvalue weighted by Crippen LogP contribution is 2.28. The zero-order valence-corrected chi connectivity index (χ0v) is 17.5. The van der Waals surface area contributed by atoms with Crippen molar-refractivity contribution in [2.45, 2.75) is 38.6 Å². The number of aryl methyl sites for hydroxylation is 1. The number of piperidine rings is 1. The summed E-state index contributed by atoms with van der Waals surface area (Å²) in [5, 5.41) is 13.6. The van der Waals surface area contributed by atoms with Crippen molar-refractivity contribution in [2.24, 2.45) is 5.92 Å². The molecule has 4 rings (SSSR count). The summed E-state index contributed by atoms with van der Waals surface area (Å²) in [7, 11) is 0. The summed E-state index contributed by atoms with van der Waals surface area (Å²) < 4.78 is 1.96. The van der Waals surface area contributed by atoms with E-state index in [1.165, 1.54) is 5.56 Å². The molecule has 6 nitrogen and oxygen atoms in total.